The zero-order chi connectivity index (χ0) is 35.4. The van der Waals surface area contributed by atoms with Crippen LogP contribution in [0.5, 0.6) is 0 Å². The van der Waals surface area contributed by atoms with Crippen molar-refractivity contribution in [1.82, 2.24) is 18.4 Å². The smallest absolute Gasteiger partial charge is 0.381 e. The molecular formula is C31H34F4N6O5S2. The van der Waals surface area contributed by atoms with Gasteiger partial charge in [-0.1, -0.05) is 24.9 Å². The minimum Gasteiger partial charge on any atom is -0.381 e. The number of nitrogens with zero attached hydrogens (tertiary/aromatic N) is 4. The number of aromatic nitrogens is 2. The Kier molecular flexibility index (Phi) is 11.1. The number of sulfonamides is 1. The largest absolute Gasteiger partial charge is 0.420 e. The van der Waals surface area contributed by atoms with Crippen LogP contribution in [0.2, 0.25) is 0 Å². The first kappa shape index (κ1) is 36.6. The topological polar surface area (TPSA) is 151 Å². The number of nitrogens with one attached hydrogen (secondary N) is 1. The molecule has 1 heterocycles. The molecule has 4 aromatic rings. The lowest BCUT2D eigenvalue weighted by atomic mass is 10.0. The Balaban J connectivity index is 1.67. The van der Waals surface area contributed by atoms with Crippen molar-refractivity contribution in [3.05, 3.63) is 83.8 Å². The van der Waals surface area contributed by atoms with Crippen molar-refractivity contribution in [3.8, 4) is 5.69 Å². The lowest BCUT2D eigenvalue weighted by Gasteiger charge is -2.35. The molecule has 0 saturated carbocycles. The number of rotatable bonds is 14. The molecule has 3 aromatic carbocycles. The maximum absolute atomic E-state index is 14.5. The summed E-state index contributed by atoms with van der Waals surface area (Å²) in [4.78, 5) is 24.8. The third-order valence-electron chi connectivity index (χ3n) is 7.22. The molecule has 11 nitrogen and oxygen atoms in total. The Morgan fingerprint density at radius 2 is 1.79 bits per heavy atom. The second kappa shape index (κ2) is 14.5. The van der Waals surface area contributed by atoms with Crippen LogP contribution in [0, 0.1) is 12.7 Å². The van der Waals surface area contributed by atoms with E-state index in [4.69, 9.17) is 5.73 Å². The normalized spacial score (nSPS) is 13.4. The van der Waals surface area contributed by atoms with E-state index >= 15 is 0 Å². The summed E-state index contributed by atoms with van der Waals surface area (Å²) in [5.74, 6) is -1.74. The molecule has 0 radical (unpaired) electrons. The second-order valence-electron chi connectivity index (χ2n) is 11.1. The van der Waals surface area contributed by atoms with E-state index in [9.17, 15) is 40.7 Å². The number of hydrogen-bond donors (Lipinski definition) is 3. The number of benzene rings is 3. The predicted octanol–water partition coefficient (Wildman–Crippen LogP) is 4.48. The highest BCUT2D eigenvalue weighted by molar-refractivity contribution is 8.08. The number of aliphatic hydroxyl groups is 1. The number of hydrogen-bond acceptors (Lipinski definition) is 8. The van der Waals surface area contributed by atoms with Crippen LogP contribution >= 0.6 is 11.9 Å². The van der Waals surface area contributed by atoms with Gasteiger partial charge in [-0.15, -0.1) is 3.71 Å². The highest BCUT2D eigenvalue weighted by atomic mass is 32.3. The number of alkyl halides is 3. The van der Waals surface area contributed by atoms with Crippen molar-refractivity contribution in [2.45, 2.75) is 36.9 Å². The highest BCUT2D eigenvalue weighted by Crippen LogP contribution is 2.37. The minimum absolute atomic E-state index is 0.133. The summed E-state index contributed by atoms with van der Waals surface area (Å²) in [6, 6.07) is 13.3. The molecule has 1 aromatic heterocycles. The molecule has 17 heteroatoms. The summed E-state index contributed by atoms with van der Waals surface area (Å²) < 4.78 is 85.8. The van der Waals surface area contributed by atoms with Gasteiger partial charge in [-0.05, 0) is 73.5 Å². The Bertz CT molecular complexity index is 1900. The van der Waals surface area contributed by atoms with Crippen LogP contribution in [-0.2, 0) is 14.8 Å². The van der Waals surface area contributed by atoms with E-state index < -0.39 is 57.4 Å². The first-order valence-corrected chi connectivity index (χ1v) is 16.9. The van der Waals surface area contributed by atoms with E-state index in [1.54, 1.807) is 44.2 Å². The van der Waals surface area contributed by atoms with E-state index in [1.807, 2.05) is 0 Å². The summed E-state index contributed by atoms with van der Waals surface area (Å²) in [6.07, 6.45) is -3.44. The average Bonchev–Trinajstić information content (AvgIpc) is 3.44. The van der Waals surface area contributed by atoms with Crippen LogP contribution in [0.4, 0.5) is 23.2 Å². The van der Waals surface area contributed by atoms with Crippen LogP contribution in [0.25, 0.3) is 16.6 Å². The SMILES string of the molecule is CCCSN(CC(O)(CNc1cc(C)cc2c1cnn2-c1cccc(C(=O)N(C)CC(N)=O)c1)C(F)(F)F)S(=O)(=O)c1ccc(F)cc1. The predicted molar refractivity (Wildman–Crippen MR) is 174 cm³/mol. The number of amides is 2. The number of fused-ring (bicyclic) bond motifs is 1. The van der Waals surface area contributed by atoms with Crippen molar-refractivity contribution < 1.29 is 40.7 Å². The standard InChI is InChI=1S/C31H34F4N6O5S2/c1-4-12-47-40(48(45,46)24-10-8-22(32)9-11-24)19-30(44,31(33,34)35)18-37-26-13-20(2)14-27-25(26)16-38-41(27)23-7-5-6-21(15-23)29(43)39(3)17-28(36)42/h5-11,13-16,37,44H,4,12,17-19H2,1-3H3,(H2,36,42). The van der Waals surface area contributed by atoms with Gasteiger partial charge in [0, 0.05) is 29.4 Å². The molecule has 0 bridgehead atoms. The van der Waals surface area contributed by atoms with E-state index in [2.05, 4.69) is 10.4 Å². The van der Waals surface area contributed by atoms with Crippen LogP contribution in [0.15, 0.2) is 71.8 Å². The molecule has 0 aliphatic carbocycles. The molecule has 4 N–H and O–H groups in total. The average molecular weight is 711 g/mol. The monoisotopic (exact) mass is 710 g/mol. The van der Waals surface area contributed by atoms with Gasteiger partial charge in [0.05, 0.1) is 41.9 Å². The van der Waals surface area contributed by atoms with Gasteiger partial charge in [-0.2, -0.15) is 18.3 Å². The summed E-state index contributed by atoms with van der Waals surface area (Å²) >= 11 is 0.606. The van der Waals surface area contributed by atoms with E-state index in [0.29, 0.717) is 44.2 Å². The van der Waals surface area contributed by atoms with Crippen LogP contribution in [0.3, 0.4) is 0 Å². The molecule has 1 atom stereocenters. The van der Waals surface area contributed by atoms with Crippen molar-refractivity contribution in [1.29, 1.82) is 0 Å². The molecule has 258 valence electrons. The zero-order valence-corrected chi connectivity index (χ0v) is 27.8. The zero-order valence-electron chi connectivity index (χ0n) is 26.2. The van der Waals surface area contributed by atoms with Crippen molar-refractivity contribution in [2.24, 2.45) is 5.73 Å². The Morgan fingerprint density at radius 3 is 2.42 bits per heavy atom. The third-order valence-corrected chi connectivity index (χ3v) is 10.7. The van der Waals surface area contributed by atoms with Crippen molar-refractivity contribution >= 4 is 50.4 Å². The molecular weight excluding hydrogens is 677 g/mol. The molecule has 2 amide bonds. The quantitative estimate of drug-likeness (QED) is 0.128. The Hall–Kier alpha value is -4.19. The summed E-state index contributed by atoms with van der Waals surface area (Å²) in [6.45, 7) is 0.646. The fourth-order valence-electron chi connectivity index (χ4n) is 4.73. The Morgan fingerprint density at radius 1 is 1.10 bits per heavy atom. The fraction of sp³-hybridized carbons (Fsp3) is 0.323. The van der Waals surface area contributed by atoms with Crippen LogP contribution in [-0.4, -0.2) is 87.9 Å². The summed E-state index contributed by atoms with van der Waals surface area (Å²) in [7, 11) is -3.15. The maximum Gasteiger partial charge on any atom is 0.420 e. The molecule has 0 saturated heterocycles. The number of likely N-dealkylation sites (N-methyl/N-ethyl adjacent to an activating group) is 1. The molecule has 0 fully saturated rings. The first-order chi connectivity index (χ1) is 22.5. The van der Waals surface area contributed by atoms with Gasteiger partial charge >= 0.3 is 6.18 Å². The molecule has 0 spiro atoms. The lowest BCUT2D eigenvalue weighted by Crippen LogP contribution is -2.57. The minimum atomic E-state index is -5.27. The summed E-state index contributed by atoms with van der Waals surface area (Å²) in [5.41, 5.74) is 3.59. The van der Waals surface area contributed by atoms with E-state index in [-0.39, 0.29) is 23.5 Å². The van der Waals surface area contributed by atoms with Gasteiger partial charge in [-0.25, -0.2) is 17.5 Å². The van der Waals surface area contributed by atoms with Crippen LogP contribution < -0.4 is 11.1 Å². The van der Waals surface area contributed by atoms with Gasteiger partial charge in [0.25, 0.3) is 15.9 Å². The van der Waals surface area contributed by atoms with E-state index in [0.717, 1.165) is 29.2 Å². The molecule has 4 rings (SSSR count). The maximum atomic E-state index is 14.5. The van der Waals surface area contributed by atoms with Gasteiger partial charge in [-0.3, -0.25) is 9.59 Å². The van der Waals surface area contributed by atoms with Gasteiger partial charge < -0.3 is 21.1 Å². The fourth-order valence-corrected chi connectivity index (χ4v) is 7.56. The number of aryl methyl sites for hydroxylation is 1. The number of carbonyl (C=O) groups excluding carboxylic acids is 2. The number of halogens is 4. The molecule has 1 unspecified atom stereocenters. The molecule has 0 aliphatic rings. The number of primary amides is 1. The number of anilines is 1. The van der Waals surface area contributed by atoms with Crippen LogP contribution in [0.1, 0.15) is 29.3 Å². The highest BCUT2D eigenvalue weighted by Gasteiger charge is 2.56. The first-order valence-electron chi connectivity index (χ1n) is 14.5. The van der Waals surface area contributed by atoms with E-state index in [1.165, 1.54) is 24.0 Å². The Labute approximate surface area is 278 Å². The van der Waals surface area contributed by atoms with Crippen molar-refractivity contribution in [3.63, 3.8) is 0 Å². The van der Waals surface area contributed by atoms with Gasteiger partial charge in [0.2, 0.25) is 5.91 Å². The molecule has 0 aliphatic heterocycles. The molecule has 48 heavy (non-hydrogen) atoms. The number of carbonyl (C=O) groups is 2. The second-order valence-corrected chi connectivity index (χ2v) is 14.3. The lowest BCUT2D eigenvalue weighted by molar-refractivity contribution is -0.253. The third kappa shape index (κ3) is 8.08. The number of nitrogens with two attached hydrogens (primary N) is 1. The van der Waals surface area contributed by atoms with Gasteiger partial charge in [0.15, 0.2) is 5.60 Å². The van der Waals surface area contributed by atoms with Gasteiger partial charge in [0.1, 0.15) is 5.82 Å². The van der Waals surface area contributed by atoms with Crippen molar-refractivity contribution in [2.75, 3.05) is 37.8 Å². The summed E-state index contributed by atoms with van der Waals surface area (Å²) in [5, 5.41) is 18.5.